The Kier molecular flexibility index (Phi) is 22.9. The topological polar surface area (TPSA) is 26.3 Å². The molecular formula is C31H62O2. The molecule has 0 fully saturated rings. The number of hydrogen-bond donors (Lipinski definition) is 0. The lowest BCUT2D eigenvalue weighted by Crippen LogP contribution is -2.17. The van der Waals surface area contributed by atoms with Gasteiger partial charge in [0.15, 0.2) is 0 Å². The van der Waals surface area contributed by atoms with E-state index in [-0.39, 0.29) is 11.9 Å². The minimum absolute atomic E-state index is 0.0275. The highest BCUT2D eigenvalue weighted by Gasteiger charge is 2.19. The highest BCUT2D eigenvalue weighted by Crippen LogP contribution is 2.26. The maximum atomic E-state index is 11.6. The van der Waals surface area contributed by atoms with E-state index in [1.165, 1.54) is 129 Å². The molecule has 0 radical (unpaired) electrons. The lowest BCUT2D eigenvalue weighted by atomic mass is 9.84. The monoisotopic (exact) mass is 466 g/mol. The molecular weight excluding hydrogens is 404 g/mol. The zero-order valence-corrected chi connectivity index (χ0v) is 23.8. The zero-order valence-electron chi connectivity index (χ0n) is 23.8. The van der Waals surface area contributed by atoms with Crippen LogP contribution in [0.2, 0.25) is 0 Å². The normalized spacial score (nSPS) is 15.2. The molecule has 0 aliphatic rings. The van der Waals surface area contributed by atoms with Crippen LogP contribution in [0.5, 0.6) is 0 Å². The third-order valence-corrected chi connectivity index (χ3v) is 7.52. The Labute approximate surface area is 209 Å². The van der Waals surface area contributed by atoms with Gasteiger partial charge >= 0.3 is 5.97 Å². The van der Waals surface area contributed by atoms with Crippen molar-refractivity contribution in [3.8, 4) is 0 Å². The minimum atomic E-state index is -0.0635. The summed E-state index contributed by atoms with van der Waals surface area (Å²) in [4.78, 5) is 11.6. The Hall–Kier alpha value is -0.530. The highest BCUT2D eigenvalue weighted by atomic mass is 16.5. The summed E-state index contributed by atoms with van der Waals surface area (Å²) in [5.41, 5.74) is 0. The van der Waals surface area contributed by atoms with Crippen molar-refractivity contribution in [3.63, 3.8) is 0 Å². The van der Waals surface area contributed by atoms with Crippen molar-refractivity contribution in [2.24, 2.45) is 23.7 Å². The van der Waals surface area contributed by atoms with Crippen LogP contribution in [0.3, 0.4) is 0 Å². The minimum Gasteiger partial charge on any atom is -0.469 e. The van der Waals surface area contributed by atoms with Crippen molar-refractivity contribution in [2.45, 2.75) is 163 Å². The van der Waals surface area contributed by atoms with Gasteiger partial charge in [-0.15, -0.1) is 0 Å². The molecule has 0 N–H and O–H groups in total. The average molecular weight is 467 g/mol. The first-order chi connectivity index (χ1) is 15.9. The van der Waals surface area contributed by atoms with Crippen LogP contribution in [-0.4, -0.2) is 13.1 Å². The third-order valence-electron chi connectivity index (χ3n) is 7.52. The fourth-order valence-electron chi connectivity index (χ4n) is 5.63. The van der Waals surface area contributed by atoms with Crippen molar-refractivity contribution in [3.05, 3.63) is 0 Å². The number of methoxy groups -OCH3 is 1. The number of carbonyl (C=O) groups is 1. The van der Waals surface area contributed by atoms with Crippen LogP contribution in [0.4, 0.5) is 0 Å². The van der Waals surface area contributed by atoms with Crippen molar-refractivity contribution >= 4 is 5.97 Å². The summed E-state index contributed by atoms with van der Waals surface area (Å²) in [7, 11) is 1.49. The van der Waals surface area contributed by atoms with E-state index in [4.69, 9.17) is 4.74 Å². The molecule has 0 aliphatic carbocycles. The largest absolute Gasteiger partial charge is 0.469 e. The summed E-state index contributed by atoms with van der Waals surface area (Å²) in [6.07, 6.45) is 28.0. The van der Waals surface area contributed by atoms with Gasteiger partial charge in [0.2, 0.25) is 0 Å². The van der Waals surface area contributed by atoms with Crippen LogP contribution in [-0.2, 0) is 9.53 Å². The predicted molar refractivity (Wildman–Crippen MR) is 147 cm³/mol. The summed E-state index contributed by atoms with van der Waals surface area (Å²) >= 11 is 0. The molecule has 0 aliphatic heterocycles. The Bertz CT molecular complexity index is 419. The summed E-state index contributed by atoms with van der Waals surface area (Å²) in [5.74, 6) is 2.14. The van der Waals surface area contributed by atoms with Crippen molar-refractivity contribution in [1.82, 2.24) is 0 Å². The van der Waals surface area contributed by atoms with E-state index in [2.05, 4.69) is 27.7 Å². The Morgan fingerprint density at radius 1 is 0.545 bits per heavy atom. The molecule has 0 amide bonds. The molecule has 0 bridgehead atoms. The van der Waals surface area contributed by atoms with E-state index >= 15 is 0 Å². The summed E-state index contributed by atoms with van der Waals surface area (Å²) in [5, 5.41) is 0. The Morgan fingerprint density at radius 3 is 1.33 bits per heavy atom. The number of rotatable bonds is 24. The molecule has 0 unspecified atom stereocenters. The van der Waals surface area contributed by atoms with Gasteiger partial charge in [0.05, 0.1) is 13.0 Å². The van der Waals surface area contributed by atoms with Crippen LogP contribution in [0.15, 0.2) is 0 Å². The van der Waals surface area contributed by atoms with Crippen LogP contribution >= 0.6 is 0 Å². The summed E-state index contributed by atoms with van der Waals surface area (Å²) in [6, 6.07) is 0. The van der Waals surface area contributed by atoms with E-state index in [9.17, 15) is 4.79 Å². The SMILES string of the molecule is CCCCCCCCCCCCCCCCCC[C@@H](C)C[C@@H](C)C[C@@H](C)C[C@@H](C)C(=O)OC. The lowest BCUT2D eigenvalue weighted by Gasteiger charge is -2.22. The van der Waals surface area contributed by atoms with Crippen LogP contribution in [0.1, 0.15) is 163 Å². The molecule has 0 rings (SSSR count). The first-order valence-electron chi connectivity index (χ1n) is 15.0. The molecule has 0 aromatic rings. The first kappa shape index (κ1) is 32.5. The maximum absolute atomic E-state index is 11.6. The van der Waals surface area contributed by atoms with Gasteiger partial charge in [-0.2, -0.15) is 0 Å². The predicted octanol–water partition coefficient (Wildman–Crippen LogP) is 10.5. The zero-order chi connectivity index (χ0) is 24.7. The molecule has 0 saturated heterocycles. The molecule has 2 nitrogen and oxygen atoms in total. The number of ether oxygens (including phenoxy) is 1. The van der Waals surface area contributed by atoms with E-state index < -0.39 is 0 Å². The molecule has 33 heavy (non-hydrogen) atoms. The second-order valence-corrected chi connectivity index (χ2v) is 11.5. The lowest BCUT2D eigenvalue weighted by molar-refractivity contribution is -0.145. The van der Waals surface area contributed by atoms with E-state index in [1.807, 2.05) is 6.92 Å². The van der Waals surface area contributed by atoms with Crippen molar-refractivity contribution in [1.29, 1.82) is 0 Å². The number of esters is 1. The van der Waals surface area contributed by atoms with Gasteiger partial charge in [0.25, 0.3) is 0 Å². The number of unbranched alkanes of at least 4 members (excludes halogenated alkanes) is 15. The van der Waals surface area contributed by atoms with E-state index in [0.29, 0.717) is 5.92 Å². The Balaban J connectivity index is 3.46. The van der Waals surface area contributed by atoms with Crippen LogP contribution in [0.25, 0.3) is 0 Å². The smallest absolute Gasteiger partial charge is 0.308 e. The standard InChI is InChI=1S/C31H62O2/c1-7-8-9-10-11-12-13-14-15-16-17-18-19-20-21-22-23-27(2)24-28(3)25-29(4)26-30(5)31(32)33-6/h27-30H,7-26H2,1-6H3/t27-,28-,29-,30-/m1/s1. The summed E-state index contributed by atoms with van der Waals surface area (Å²) < 4.78 is 4.87. The molecule has 0 aromatic carbocycles. The van der Waals surface area contributed by atoms with Gasteiger partial charge in [-0.05, 0) is 37.0 Å². The number of carbonyl (C=O) groups excluding carboxylic acids is 1. The third kappa shape index (κ3) is 21.7. The van der Waals surface area contributed by atoms with Gasteiger partial charge in [-0.3, -0.25) is 4.79 Å². The van der Waals surface area contributed by atoms with Crippen LogP contribution in [0, 0.1) is 23.7 Å². The summed E-state index contributed by atoms with van der Waals surface area (Å²) in [6.45, 7) is 11.4. The quantitative estimate of drug-likeness (QED) is 0.104. The van der Waals surface area contributed by atoms with Crippen molar-refractivity contribution < 1.29 is 9.53 Å². The molecule has 0 saturated carbocycles. The van der Waals surface area contributed by atoms with Gasteiger partial charge in [-0.1, -0.05) is 144 Å². The molecule has 0 spiro atoms. The van der Waals surface area contributed by atoms with E-state index in [1.54, 1.807) is 0 Å². The van der Waals surface area contributed by atoms with Gasteiger partial charge < -0.3 is 4.74 Å². The second kappa shape index (κ2) is 23.2. The highest BCUT2D eigenvalue weighted by molar-refractivity contribution is 5.71. The molecule has 2 heteroatoms. The van der Waals surface area contributed by atoms with Gasteiger partial charge in [0.1, 0.15) is 0 Å². The number of hydrogen-bond acceptors (Lipinski definition) is 2. The average Bonchev–Trinajstić information content (AvgIpc) is 2.77. The van der Waals surface area contributed by atoms with Gasteiger partial charge in [0, 0.05) is 0 Å². The molecule has 0 aromatic heterocycles. The first-order valence-corrected chi connectivity index (χ1v) is 15.0. The molecule has 4 atom stereocenters. The van der Waals surface area contributed by atoms with Gasteiger partial charge in [-0.25, -0.2) is 0 Å². The van der Waals surface area contributed by atoms with Crippen molar-refractivity contribution in [2.75, 3.05) is 7.11 Å². The fraction of sp³-hybridized carbons (Fsp3) is 0.968. The second-order valence-electron chi connectivity index (χ2n) is 11.5. The van der Waals surface area contributed by atoms with E-state index in [0.717, 1.165) is 18.3 Å². The molecule has 0 heterocycles. The van der Waals surface area contributed by atoms with Crippen LogP contribution < -0.4 is 0 Å². The molecule has 198 valence electrons. The maximum Gasteiger partial charge on any atom is 0.308 e. The Morgan fingerprint density at radius 2 is 0.909 bits per heavy atom. The fourth-order valence-corrected chi connectivity index (χ4v) is 5.63.